The zero-order valence-electron chi connectivity index (χ0n) is 20.7. The average Bonchev–Trinajstić information content (AvgIpc) is 3.45. The van der Waals surface area contributed by atoms with E-state index in [9.17, 15) is 14.7 Å². The van der Waals surface area contributed by atoms with E-state index in [1.807, 2.05) is 61.7 Å². The zero-order valence-corrected chi connectivity index (χ0v) is 20.7. The molecule has 3 aromatic carbocycles. The molecule has 0 spiro atoms. The van der Waals surface area contributed by atoms with Gasteiger partial charge in [-0.2, -0.15) is 0 Å². The molecule has 0 aliphatic carbocycles. The molecule has 1 aliphatic heterocycles. The summed E-state index contributed by atoms with van der Waals surface area (Å²) < 4.78 is 10.9. The molecule has 0 bridgehead atoms. The van der Waals surface area contributed by atoms with Crippen molar-refractivity contribution in [1.29, 1.82) is 0 Å². The Kier molecular flexibility index (Phi) is 6.68. The standard InChI is InChI=1S/C30H28N2O5/c1-3-37-22-11-9-20(10-12-22)28(33)26-27(19-7-5-4-6-8-19)32(30(35)29(26)34)16-15-21-18-31-25-14-13-23(36-2)17-24(21)25/h4-14,17-18,27,31,33H,3,15-16H2,1-2H3/b28-26-. The number of hydrogen-bond acceptors (Lipinski definition) is 5. The molecule has 1 amide bonds. The van der Waals surface area contributed by atoms with Gasteiger partial charge in [0.2, 0.25) is 0 Å². The third-order valence-corrected chi connectivity index (χ3v) is 6.69. The van der Waals surface area contributed by atoms with Crippen LogP contribution in [-0.2, 0) is 16.0 Å². The number of Topliss-reactive ketones (excluding diaryl/α,β-unsaturated/α-hetero) is 1. The summed E-state index contributed by atoms with van der Waals surface area (Å²) in [4.78, 5) is 31.4. The van der Waals surface area contributed by atoms with Gasteiger partial charge in [-0.3, -0.25) is 9.59 Å². The Bertz CT molecular complexity index is 1470. The number of carbonyl (C=O) groups excluding carboxylic acids is 2. The second kappa shape index (κ2) is 10.2. The molecule has 37 heavy (non-hydrogen) atoms. The molecule has 1 atom stereocenters. The van der Waals surface area contributed by atoms with Gasteiger partial charge in [0.05, 0.1) is 25.3 Å². The Morgan fingerprint density at radius 2 is 1.73 bits per heavy atom. The van der Waals surface area contributed by atoms with Crippen LogP contribution in [0.2, 0.25) is 0 Å². The number of fused-ring (bicyclic) bond motifs is 1. The number of aliphatic hydroxyl groups excluding tert-OH is 1. The highest BCUT2D eigenvalue weighted by molar-refractivity contribution is 6.46. The van der Waals surface area contributed by atoms with Crippen molar-refractivity contribution in [1.82, 2.24) is 9.88 Å². The molecule has 0 saturated carbocycles. The maximum atomic E-state index is 13.3. The van der Waals surface area contributed by atoms with Crippen LogP contribution < -0.4 is 9.47 Å². The van der Waals surface area contributed by atoms with Gasteiger partial charge in [-0.15, -0.1) is 0 Å². The molecule has 2 N–H and O–H groups in total. The van der Waals surface area contributed by atoms with Crippen LogP contribution in [0.4, 0.5) is 0 Å². The van der Waals surface area contributed by atoms with Crippen molar-refractivity contribution in [3.05, 3.63) is 101 Å². The van der Waals surface area contributed by atoms with Crippen molar-refractivity contribution in [2.45, 2.75) is 19.4 Å². The van der Waals surface area contributed by atoms with Gasteiger partial charge in [0.15, 0.2) is 0 Å². The highest BCUT2D eigenvalue weighted by Crippen LogP contribution is 2.39. The number of amides is 1. The Hall–Kier alpha value is -4.52. The Morgan fingerprint density at radius 3 is 2.43 bits per heavy atom. The van der Waals surface area contributed by atoms with Crippen LogP contribution in [0.25, 0.3) is 16.7 Å². The van der Waals surface area contributed by atoms with Crippen molar-refractivity contribution in [3.8, 4) is 11.5 Å². The fraction of sp³-hybridized carbons (Fsp3) is 0.200. The van der Waals surface area contributed by atoms with Crippen LogP contribution in [0.5, 0.6) is 11.5 Å². The first-order valence-corrected chi connectivity index (χ1v) is 12.2. The number of nitrogens with zero attached hydrogens (tertiary/aromatic N) is 1. The first kappa shape index (κ1) is 24.2. The molecule has 0 radical (unpaired) electrons. The van der Waals surface area contributed by atoms with Gasteiger partial charge in [-0.05, 0) is 66.9 Å². The van der Waals surface area contributed by atoms with Crippen LogP contribution in [-0.4, -0.2) is 46.9 Å². The third kappa shape index (κ3) is 4.56. The maximum Gasteiger partial charge on any atom is 0.295 e. The van der Waals surface area contributed by atoms with E-state index in [1.54, 1.807) is 36.3 Å². The van der Waals surface area contributed by atoms with Gasteiger partial charge in [-0.1, -0.05) is 30.3 Å². The van der Waals surface area contributed by atoms with E-state index in [4.69, 9.17) is 9.47 Å². The van der Waals surface area contributed by atoms with Crippen molar-refractivity contribution in [3.63, 3.8) is 0 Å². The first-order valence-electron chi connectivity index (χ1n) is 12.2. The summed E-state index contributed by atoms with van der Waals surface area (Å²) >= 11 is 0. The lowest BCUT2D eigenvalue weighted by atomic mass is 9.95. The molecule has 1 aliphatic rings. The highest BCUT2D eigenvalue weighted by atomic mass is 16.5. The summed E-state index contributed by atoms with van der Waals surface area (Å²) in [5, 5.41) is 12.3. The minimum atomic E-state index is -0.701. The summed E-state index contributed by atoms with van der Waals surface area (Å²) in [5.41, 5.74) is 3.27. The van der Waals surface area contributed by atoms with Gasteiger partial charge in [0.25, 0.3) is 11.7 Å². The molecule has 5 rings (SSSR count). The largest absolute Gasteiger partial charge is 0.507 e. The summed E-state index contributed by atoms with van der Waals surface area (Å²) in [5.74, 6) is -0.114. The minimum Gasteiger partial charge on any atom is -0.507 e. The van der Waals surface area contributed by atoms with Gasteiger partial charge >= 0.3 is 0 Å². The number of methoxy groups -OCH3 is 1. The molecule has 4 aromatic rings. The number of ketones is 1. The molecule has 1 unspecified atom stereocenters. The number of benzene rings is 3. The fourth-order valence-corrected chi connectivity index (χ4v) is 4.86. The SMILES string of the molecule is CCOc1ccc(/C(O)=C2/C(=O)C(=O)N(CCc3c[nH]c4ccc(OC)cc34)C2c2ccccc2)cc1. The van der Waals surface area contributed by atoms with Crippen LogP contribution in [0.3, 0.4) is 0 Å². The van der Waals surface area contributed by atoms with Gasteiger partial charge in [-0.25, -0.2) is 0 Å². The van der Waals surface area contributed by atoms with Crippen LogP contribution >= 0.6 is 0 Å². The molecule has 7 nitrogen and oxygen atoms in total. The molecule has 2 heterocycles. The lowest BCUT2D eigenvalue weighted by molar-refractivity contribution is -0.139. The summed E-state index contributed by atoms with van der Waals surface area (Å²) in [6, 6.07) is 21.3. The molecule has 188 valence electrons. The molecular weight excluding hydrogens is 468 g/mol. The van der Waals surface area contributed by atoms with Gasteiger partial charge in [0, 0.05) is 29.2 Å². The van der Waals surface area contributed by atoms with E-state index < -0.39 is 17.7 Å². The van der Waals surface area contributed by atoms with Crippen molar-refractivity contribution < 1.29 is 24.2 Å². The van der Waals surface area contributed by atoms with Crippen LogP contribution in [0.15, 0.2) is 84.6 Å². The normalized spacial score (nSPS) is 16.9. The monoisotopic (exact) mass is 496 g/mol. The minimum absolute atomic E-state index is 0.0842. The Morgan fingerprint density at radius 1 is 1.00 bits per heavy atom. The second-order valence-electron chi connectivity index (χ2n) is 8.84. The summed E-state index contributed by atoms with van der Waals surface area (Å²) in [7, 11) is 1.62. The lowest BCUT2D eigenvalue weighted by Crippen LogP contribution is -2.31. The smallest absolute Gasteiger partial charge is 0.295 e. The van der Waals surface area contributed by atoms with Crippen LogP contribution in [0, 0.1) is 0 Å². The predicted molar refractivity (Wildman–Crippen MR) is 142 cm³/mol. The van der Waals surface area contributed by atoms with E-state index in [1.165, 1.54) is 0 Å². The second-order valence-corrected chi connectivity index (χ2v) is 8.84. The molecule has 1 saturated heterocycles. The van der Waals surface area contributed by atoms with Crippen molar-refractivity contribution in [2.24, 2.45) is 0 Å². The van der Waals surface area contributed by atoms with Gasteiger partial charge in [0.1, 0.15) is 17.3 Å². The first-order chi connectivity index (χ1) is 18.0. The van der Waals surface area contributed by atoms with Gasteiger partial charge < -0.3 is 24.5 Å². The number of rotatable bonds is 8. The quantitative estimate of drug-likeness (QED) is 0.198. The highest BCUT2D eigenvalue weighted by Gasteiger charge is 2.45. The number of likely N-dealkylation sites (tertiary alicyclic amines) is 1. The third-order valence-electron chi connectivity index (χ3n) is 6.69. The summed E-state index contributed by atoms with van der Waals surface area (Å²) in [6.07, 6.45) is 2.44. The number of carbonyl (C=O) groups is 2. The molecule has 7 heteroatoms. The summed E-state index contributed by atoms with van der Waals surface area (Å²) in [6.45, 7) is 2.71. The number of aromatic nitrogens is 1. The lowest BCUT2D eigenvalue weighted by Gasteiger charge is -2.25. The molecule has 1 fully saturated rings. The van der Waals surface area contributed by atoms with E-state index in [0.717, 1.165) is 27.8 Å². The fourth-order valence-electron chi connectivity index (χ4n) is 4.86. The number of ether oxygens (including phenoxy) is 2. The molecular formula is C30H28N2O5. The molecule has 1 aromatic heterocycles. The number of H-pyrrole nitrogens is 1. The van der Waals surface area contributed by atoms with Crippen molar-refractivity contribution in [2.75, 3.05) is 20.3 Å². The Balaban J connectivity index is 1.51. The van der Waals surface area contributed by atoms with Crippen molar-refractivity contribution >= 4 is 28.4 Å². The zero-order chi connectivity index (χ0) is 25.9. The number of hydrogen-bond donors (Lipinski definition) is 2. The van der Waals surface area contributed by atoms with E-state index in [0.29, 0.717) is 30.9 Å². The topological polar surface area (TPSA) is 91.9 Å². The number of aromatic amines is 1. The van der Waals surface area contributed by atoms with Crippen LogP contribution in [0.1, 0.15) is 29.7 Å². The number of nitrogens with one attached hydrogen (secondary N) is 1. The Labute approximate surface area is 214 Å². The van der Waals surface area contributed by atoms with E-state index in [-0.39, 0.29) is 11.3 Å². The van der Waals surface area contributed by atoms with E-state index in [2.05, 4.69) is 4.98 Å². The predicted octanol–water partition coefficient (Wildman–Crippen LogP) is 5.24. The maximum absolute atomic E-state index is 13.3. The number of aliphatic hydroxyl groups is 1. The van der Waals surface area contributed by atoms with E-state index >= 15 is 0 Å². The average molecular weight is 497 g/mol.